The van der Waals surface area contributed by atoms with Crippen molar-refractivity contribution in [3.8, 4) is 0 Å². The third-order valence-corrected chi connectivity index (χ3v) is 4.30. The van der Waals surface area contributed by atoms with E-state index in [9.17, 15) is 8.42 Å². The van der Waals surface area contributed by atoms with E-state index in [2.05, 4.69) is 14.9 Å². The van der Waals surface area contributed by atoms with Gasteiger partial charge in [-0.2, -0.15) is 5.10 Å². The van der Waals surface area contributed by atoms with Crippen LogP contribution in [0.5, 0.6) is 0 Å². The minimum absolute atomic E-state index is 0.143. The molecule has 102 valence electrons. The summed E-state index contributed by atoms with van der Waals surface area (Å²) in [5.74, 6) is 0.143. The van der Waals surface area contributed by atoms with Crippen LogP contribution in [0.1, 0.15) is 25.5 Å². The number of aromatic amines is 1. The first-order valence-electron chi connectivity index (χ1n) is 6.07. The Morgan fingerprint density at radius 3 is 2.42 bits per heavy atom. The number of hydrogen-bond acceptors (Lipinski definition) is 3. The second-order valence-corrected chi connectivity index (χ2v) is 6.40. The van der Waals surface area contributed by atoms with Crippen molar-refractivity contribution in [2.45, 2.75) is 24.8 Å². The molecule has 6 heteroatoms. The maximum Gasteiger partial charge on any atom is 0.244 e. The molecule has 1 atom stereocenters. The van der Waals surface area contributed by atoms with Crippen LogP contribution in [0.3, 0.4) is 0 Å². The molecule has 0 aliphatic rings. The SMILES string of the molecule is CC(C)C(NS(=O)(=O)c1cn[nH]c1)c1ccccc1. The number of H-pyrrole nitrogens is 1. The van der Waals surface area contributed by atoms with Gasteiger partial charge in [0.2, 0.25) is 10.0 Å². The van der Waals surface area contributed by atoms with Crippen LogP contribution in [0.15, 0.2) is 47.6 Å². The van der Waals surface area contributed by atoms with Crippen LogP contribution in [0.25, 0.3) is 0 Å². The largest absolute Gasteiger partial charge is 0.284 e. The van der Waals surface area contributed by atoms with Gasteiger partial charge in [-0.25, -0.2) is 13.1 Å². The zero-order valence-corrected chi connectivity index (χ0v) is 11.7. The molecule has 5 nitrogen and oxygen atoms in total. The van der Waals surface area contributed by atoms with E-state index in [0.717, 1.165) is 5.56 Å². The monoisotopic (exact) mass is 279 g/mol. The van der Waals surface area contributed by atoms with Crippen molar-refractivity contribution in [1.29, 1.82) is 0 Å². The number of nitrogens with zero attached hydrogens (tertiary/aromatic N) is 1. The Labute approximate surface area is 113 Å². The summed E-state index contributed by atoms with van der Waals surface area (Å²) in [5.41, 5.74) is 0.949. The lowest BCUT2D eigenvalue weighted by molar-refractivity contribution is 0.463. The predicted molar refractivity (Wildman–Crippen MR) is 72.9 cm³/mol. The summed E-state index contributed by atoms with van der Waals surface area (Å²) in [6.07, 6.45) is 2.66. The number of nitrogens with one attached hydrogen (secondary N) is 2. The smallest absolute Gasteiger partial charge is 0.244 e. The lowest BCUT2D eigenvalue weighted by Gasteiger charge is -2.22. The maximum atomic E-state index is 12.2. The summed E-state index contributed by atoms with van der Waals surface area (Å²) in [6.45, 7) is 3.96. The molecule has 0 amide bonds. The minimum Gasteiger partial charge on any atom is -0.284 e. The highest BCUT2D eigenvalue weighted by Crippen LogP contribution is 2.23. The van der Waals surface area contributed by atoms with Gasteiger partial charge in [0.05, 0.1) is 6.20 Å². The summed E-state index contributed by atoms with van der Waals surface area (Å²) in [5, 5.41) is 6.18. The fraction of sp³-hybridized carbons (Fsp3) is 0.308. The van der Waals surface area contributed by atoms with Gasteiger partial charge in [-0.3, -0.25) is 5.10 Å². The zero-order valence-electron chi connectivity index (χ0n) is 10.9. The minimum atomic E-state index is -3.55. The topological polar surface area (TPSA) is 74.8 Å². The molecule has 1 heterocycles. The van der Waals surface area contributed by atoms with Gasteiger partial charge in [-0.15, -0.1) is 0 Å². The lowest BCUT2D eigenvalue weighted by atomic mass is 9.97. The van der Waals surface area contributed by atoms with Crippen LogP contribution >= 0.6 is 0 Å². The lowest BCUT2D eigenvalue weighted by Crippen LogP contribution is -2.31. The molecule has 0 bridgehead atoms. The average Bonchev–Trinajstić information content (AvgIpc) is 2.91. The normalized spacial score (nSPS) is 13.6. The first-order valence-corrected chi connectivity index (χ1v) is 7.55. The van der Waals surface area contributed by atoms with E-state index in [1.807, 2.05) is 44.2 Å². The number of rotatable bonds is 5. The average molecular weight is 279 g/mol. The van der Waals surface area contributed by atoms with Crippen LogP contribution < -0.4 is 4.72 Å². The van der Waals surface area contributed by atoms with E-state index < -0.39 is 10.0 Å². The molecule has 0 aliphatic carbocycles. The molecule has 0 saturated heterocycles. The number of benzene rings is 1. The molecule has 1 unspecified atom stereocenters. The van der Waals surface area contributed by atoms with Crippen molar-refractivity contribution >= 4 is 10.0 Å². The molecule has 2 N–H and O–H groups in total. The van der Waals surface area contributed by atoms with Gasteiger partial charge in [0.15, 0.2) is 0 Å². The zero-order chi connectivity index (χ0) is 13.9. The van der Waals surface area contributed by atoms with Crippen LogP contribution in [0, 0.1) is 5.92 Å². The predicted octanol–water partition coefficient (Wildman–Crippen LogP) is 2.09. The second kappa shape index (κ2) is 5.54. The van der Waals surface area contributed by atoms with Crippen LogP contribution in [0.2, 0.25) is 0 Å². The first-order chi connectivity index (χ1) is 9.00. The van der Waals surface area contributed by atoms with Crippen molar-refractivity contribution < 1.29 is 8.42 Å². The van der Waals surface area contributed by atoms with Crippen LogP contribution in [-0.2, 0) is 10.0 Å². The Morgan fingerprint density at radius 1 is 1.21 bits per heavy atom. The summed E-state index contributed by atoms with van der Waals surface area (Å²) in [7, 11) is -3.55. The van der Waals surface area contributed by atoms with E-state index in [1.54, 1.807) is 0 Å². The van der Waals surface area contributed by atoms with Gasteiger partial charge in [0, 0.05) is 12.2 Å². The molecule has 0 aliphatic heterocycles. The van der Waals surface area contributed by atoms with Gasteiger partial charge in [0.25, 0.3) is 0 Å². The quantitative estimate of drug-likeness (QED) is 0.880. The van der Waals surface area contributed by atoms with Crippen LogP contribution in [0.4, 0.5) is 0 Å². The van der Waals surface area contributed by atoms with Gasteiger partial charge in [-0.05, 0) is 11.5 Å². The molecular weight excluding hydrogens is 262 g/mol. The van der Waals surface area contributed by atoms with Crippen molar-refractivity contribution in [2.24, 2.45) is 5.92 Å². The fourth-order valence-electron chi connectivity index (χ4n) is 1.87. The van der Waals surface area contributed by atoms with Gasteiger partial charge < -0.3 is 0 Å². The Hall–Kier alpha value is -1.66. The molecule has 19 heavy (non-hydrogen) atoms. The standard InChI is InChI=1S/C13H17N3O2S/c1-10(2)13(11-6-4-3-5-7-11)16-19(17,18)12-8-14-15-9-12/h3-10,13,16H,1-2H3,(H,14,15). The molecule has 1 aromatic carbocycles. The Morgan fingerprint density at radius 2 is 1.89 bits per heavy atom. The molecule has 0 fully saturated rings. The molecule has 0 saturated carbocycles. The maximum absolute atomic E-state index is 12.2. The van der Waals surface area contributed by atoms with E-state index in [1.165, 1.54) is 12.4 Å². The number of sulfonamides is 1. The molecule has 0 radical (unpaired) electrons. The first kappa shape index (κ1) is 13.8. The highest BCUT2D eigenvalue weighted by atomic mass is 32.2. The molecule has 0 spiro atoms. The van der Waals surface area contributed by atoms with Crippen molar-refractivity contribution in [3.63, 3.8) is 0 Å². The Bertz CT molecular complexity index is 607. The van der Waals surface area contributed by atoms with Crippen LogP contribution in [-0.4, -0.2) is 18.6 Å². The van der Waals surface area contributed by atoms with Crippen molar-refractivity contribution in [3.05, 3.63) is 48.3 Å². The number of hydrogen-bond donors (Lipinski definition) is 2. The van der Waals surface area contributed by atoms with Crippen molar-refractivity contribution in [2.75, 3.05) is 0 Å². The van der Waals surface area contributed by atoms with Crippen molar-refractivity contribution in [1.82, 2.24) is 14.9 Å². The highest BCUT2D eigenvalue weighted by Gasteiger charge is 2.24. The second-order valence-electron chi connectivity index (χ2n) is 4.69. The molecule has 1 aromatic heterocycles. The highest BCUT2D eigenvalue weighted by molar-refractivity contribution is 7.89. The third-order valence-electron chi connectivity index (χ3n) is 2.89. The summed E-state index contributed by atoms with van der Waals surface area (Å²) >= 11 is 0. The van der Waals surface area contributed by atoms with E-state index >= 15 is 0 Å². The summed E-state index contributed by atoms with van der Waals surface area (Å²) in [6, 6.07) is 9.28. The summed E-state index contributed by atoms with van der Waals surface area (Å²) in [4.78, 5) is 0.147. The van der Waals surface area contributed by atoms with E-state index in [-0.39, 0.29) is 16.9 Å². The van der Waals surface area contributed by atoms with Gasteiger partial charge >= 0.3 is 0 Å². The van der Waals surface area contributed by atoms with Gasteiger partial charge in [0.1, 0.15) is 4.90 Å². The number of aromatic nitrogens is 2. The fourth-order valence-corrected chi connectivity index (χ4v) is 3.15. The Balaban J connectivity index is 2.28. The molecule has 2 rings (SSSR count). The summed E-state index contributed by atoms with van der Waals surface area (Å²) < 4.78 is 27.1. The van der Waals surface area contributed by atoms with E-state index in [4.69, 9.17) is 0 Å². The Kier molecular flexibility index (Phi) is 4.01. The van der Waals surface area contributed by atoms with Gasteiger partial charge in [-0.1, -0.05) is 44.2 Å². The molecular formula is C13H17N3O2S. The third kappa shape index (κ3) is 3.21. The van der Waals surface area contributed by atoms with E-state index in [0.29, 0.717) is 0 Å². The molecule has 2 aromatic rings.